The monoisotopic (exact) mass is 289 g/mol. The number of rotatable bonds is 3. The van der Waals surface area contributed by atoms with Gasteiger partial charge in [-0.05, 0) is 48.6 Å². The second-order valence-electron chi connectivity index (χ2n) is 7.93. The Labute approximate surface area is 127 Å². The number of hydrogen-bond donors (Lipinski definition) is 1. The molecule has 1 aromatic rings. The molecule has 0 saturated heterocycles. The molecule has 2 unspecified atom stereocenters. The van der Waals surface area contributed by atoms with Crippen molar-refractivity contribution >= 4 is 0 Å². The highest BCUT2D eigenvalue weighted by atomic mass is 16.3. The molecule has 3 nitrogen and oxygen atoms in total. The summed E-state index contributed by atoms with van der Waals surface area (Å²) in [4.78, 5) is 12.8. The summed E-state index contributed by atoms with van der Waals surface area (Å²) in [5.41, 5.74) is 2.23. The van der Waals surface area contributed by atoms with Crippen LogP contribution in [0.5, 0.6) is 0 Å². The molecule has 0 spiro atoms. The molecular formula is C18H27NO2. The predicted octanol–water partition coefficient (Wildman–Crippen LogP) is 3.18. The summed E-state index contributed by atoms with van der Waals surface area (Å²) in [6.07, 6.45) is 7.30. The lowest BCUT2D eigenvalue weighted by Gasteiger charge is -2.23. The number of aliphatic hydroxyl groups excluding tert-OH is 1. The van der Waals surface area contributed by atoms with Crippen LogP contribution in [-0.2, 0) is 12.0 Å². The van der Waals surface area contributed by atoms with Crippen molar-refractivity contribution in [2.75, 3.05) is 0 Å². The summed E-state index contributed by atoms with van der Waals surface area (Å²) in [7, 11) is 0. The fourth-order valence-corrected chi connectivity index (χ4v) is 3.45. The summed E-state index contributed by atoms with van der Waals surface area (Å²) < 4.78 is 1.88. The minimum atomic E-state index is -0.237. The fourth-order valence-electron chi connectivity index (χ4n) is 3.45. The molecular weight excluding hydrogens is 262 g/mol. The van der Waals surface area contributed by atoms with Gasteiger partial charge in [-0.15, -0.1) is 0 Å². The lowest BCUT2D eigenvalue weighted by molar-refractivity contribution is 0.122. The molecule has 1 aromatic heterocycles. The van der Waals surface area contributed by atoms with Crippen LogP contribution in [0.25, 0.3) is 0 Å². The third-order valence-electron chi connectivity index (χ3n) is 5.01. The predicted molar refractivity (Wildman–Crippen MR) is 84.7 cm³/mol. The Balaban J connectivity index is 1.98. The van der Waals surface area contributed by atoms with Crippen molar-refractivity contribution in [1.82, 2.24) is 4.57 Å². The van der Waals surface area contributed by atoms with E-state index in [2.05, 4.69) is 33.0 Å². The van der Waals surface area contributed by atoms with E-state index in [1.807, 2.05) is 4.57 Å². The molecule has 0 bridgehead atoms. The molecule has 0 amide bonds. The van der Waals surface area contributed by atoms with Crippen LogP contribution in [0.4, 0.5) is 0 Å². The maximum atomic E-state index is 12.8. The minimum absolute atomic E-state index is 0.127. The molecule has 3 heteroatoms. The zero-order chi connectivity index (χ0) is 15.2. The molecule has 2 fully saturated rings. The van der Waals surface area contributed by atoms with Crippen LogP contribution in [0.3, 0.4) is 0 Å². The van der Waals surface area contributed by atoms with Crippen LogP contribution in [0.15, 0.2) is 17.1 Å². The molecule has 2 aliphatic rings. The first-order valence-electron chi connectivity index (χ1n) is 8.29. The zero-order valence-electron chi connectivity index (χ0n) is 13.4. The SMILES string of the molecule is CC(C)(C)c1cc(C2CC2)cn(CC2CCCC2O)c1=O. The zero-order valence-corrected chi connectivity index (χ0v) is 13.4. The molecule has 3 rings (SSSR count). The molecule has 1 N–H and O–H groups in total. The van der Waals surface area contributed by atoms with E-state index in [4.69, 9.17) is 0 Å². The second kappa shape index (κ2) is 5.28. The quantitative estimate of drug-likeness (QED) is 0.928. The van der Waals surface area contributed by atoms with Gasteiger partial charge in [0.25, 0.3) is 5.56 Å². The van der Waals surface area contributed by atoms with Gasteiger partial charge in [-0.2, -0.15) is 0 Å². The van der Waals surface area contributed by atoms with Crippen LogP contribution in [-0.4, -0.2) is 15.8 Å². The Kier molecular flexibility index (Phi) is 3.73. The molecule has 21 heavy (non-hydrogen) atoms. The largest absolute Gasteiger partial charge is 0.393 e. The topological polar surface area (TPSA) is 42.2 Å². The van der Waals surface area contributed by atoms with E-state index >= 15 is 0 Å². The van der Waals surface area contributed by atoms with Crippen molar-refractivity contribution in [2.45, 2.75) is 76.9 Å². The van der Waals surface area contributed by atoms with Gasteiger partial charge in [0.1, 0.15) is 0 Å². The first-order valence-corrected chi connectivity index (χ1v) is 8.29. The van der Waals surface area contributed by atoms with Gasteiger partial charge < -0.3 is 9.67 Å². The van der Waals surface area contributed by atoms with Gasteiger partial charge in [-0.1, -0.05) is 27.2 Å². The van der Waals surface area contributed by atoms with E-state index in [0.717, 1.165) is 24.8 Å². The Bertz CT molecular complexity index is 578. The maximum Gasteiger partial charge on any atom is 0.254 e. The summed E-state index contributed by atoms with van der Waals surface area (Å²) in [5.74, 6) is 0.886. The highest BCUT2D eigenvalue weighted by Crippen LogP contribution is 2.40. The minimum Gasteiger partial charge on any atom is -0.393 e. The second-order valence-corrected chi connectivity index (χ2v) is 7.93. The van der Waals surface area contributed by atoms with Gasteiger partial charge in [0, 0.05) is 24.2 Å². The molecule has 2 atom stereocenters. The Morgan fingerprint density at radius 3 is 2.48 bits per heavy atom. The maximum absolute atomic E-state index is 12.8. The Morgan fingerprint density at radius 2 is 1.95 bits per heavy atom. The van der Waals surface area contributed by atoms with Gasteiger partial charge in [0.05, 0.1) is 6.10 Å². The van der Waals surface area contributed by atoms with E-state index in [1.165, 1.54) is 18.4 Å². The smallest absolute Gasteiger partial charge is 0.254 e. The molecule has 116 valence electrons. The summed E-state index contributed by atoms with van der Waals surface area (Å²) >= 11 is 0. The van der Waals surface area contributed by atoms with Crippen LogP contribution in [0, 0.1) is 5.92 Å². The molecule has 0 aliphatic heterocycles. The van der Waals surface area contributed by atoms with Crippen LogP contribution in [0.1, 0.15) is 69.9 Å². The molecule has 2 aliphatic carbocycles. The number of nitrogens with zero attached hydrogens (tertiary/aromatic N) is 1. The standard InChI is InChI=1S/C18H27NO2/c1-18(2,3)15-9-14(12-7-8-12)11-19(17(15)21)10-13-5-4-6-16(13)20/h9,11-13,16,20H,4-8,10H2,1-3H3. The summed E-state index contributed by atoms with van der Waals surface area (Å²) in [5, 5.41) is 10.0. The van der Waals surface area contributed by atoms with Crippen molar-refractivity contribution in [3.63, 3.8) is 0 Å². The van der Waals surface area contributed by atoms with Crippen LogP contribution < -0.4 is 5.56 Å². The van der Waals surface area contributed by atoms with Crippen molar-refractivity contribution in [3.8, 4) is 0 Å². The lowest BCUT2D eigenvalue weighted by Crippen LogP contribution is -2.33. The first kappa shape index (κ1) is 14.8. The number of aromatic nitrogens is 1. The van der Waals surface area contributed by atoms with E-state index in [1.54, 1.807) is 0 Å². The van der Waals surface area contributed by atoms with Crippen molar-refractivity contribution < 1.29 is 5.11 Å². The van der Waals surface area contributed by atoms with Crippen molar-refractivity contribution in [3.05, 3.63) is 33.7 Å². The fraction of sp³-hybridized carbons (Fsp3) is 0.722. The van der Waals surface area contributed by atoms with Crippen LogP contribution in [0.2, 0.25) is 0 Å². The molecule has 2 saturated carbocycles. The van der Waals surface area contributed by atoms with Gasteiger partial charge in [-0.25, -0.2) is 0 Å². The molecule has 0 aromatic carbocycles. The van der Waals surface area contributed by atoms with Gasteiger partial charge >= 0.3 is 0 Å². The average molecular weight is 289 g/mol. The Morgan fingerprint density at radius 1 is 1.24 bits per heavy atom. The lowest BCUT2D eigenvalue weighted by atomic mass is 9.86. The van der Waals surface area contributed by atoms with Gasteiger partial charge in [-0.3, -0.25) is 4.79 Å². The summed E-state index contributed by atoms with van der Waals surface area (Å²) in [6.45, 7) is 6.99. The highest BCUT2D eigenvalue weighted by Gasteiger charge is 2.30. The third kappa shape index (κ3) is 3.08. The van der Waals surface area contributed by atoms with Crippen molar-refractivity contribution in [2.24, 2.45) is 5.92 Å². The van der Waals surface area contributed by atoms with E-state index in [0.29, 0.717) is 12.5 Å². The summed E-state index contributed by atoms with van der Waals surface area (Å²) in [6, 6.07) is 2.13. The molecule has 0 radical (unpaired) electrons. The normalized spacial score (nSPS) is 26.3. The third-order valence-corrected chi connectivity index (χ3v) is 5.01. The van der Waals surface area contributed by atoms with E-state index in [-0.39, 0.29) is 23.0 Å². The average Bonchev–Trinajstić information content (AvgIpc) is 3.16. The van der Waals surface area contributed by atoms with E-state index < -0.39 is 0 Å². The van der Waals surface area contributed by atoms with Crippen LogP contribution >= 0.6 is 0 Å². The first-order chi connectivity index (χ1) is 9.86. The number of hydrogen-bond acceptors (Lipinski definition) is 2. The highest BCUT2D eigenvalue weighted by molar-refractivity contribution is 5.30. The number of aliphatic hydroxyl groups is 1. The van der Waals surface area contributed by atoms with Gasteiger partial charge in [0.15, 0.2) is 0 Å². The number of pyridine rings is 1. The molecule has 1 heterocycles. The van der Waals surface area contributed by atoms with E-state index in [9.17, 15) is 9.90 Å². The van der Waals surface area contributed by atoms with Crippen molar-refractivity contribution in [1.29, 1.82) is 0 Å². The van der Waals surface area contributed by atoms with Gasteiger partial charge in [0.2, 0.25) is 0 Å². The Hall–Kier alpha value is -1.09.